The maximum absolute atomic E-state index is 12.4. The molecule has 6 heteroatoms. The van der Waals surface area contributed by atoms with E-state index in [2.05, 4.69) is 29.6 Å². The first-order valence-electron chi connectivity index (χ1n) is 9.62. The Labute approximate surface area is 172 Å². The number of carbonyl (C=O) groups excluding carboxylic acids is 1. The average Bonchev–Trinajstić information content (AvgIpc) is 2.69. The molecule has 5 nitrogen and oxygen atoms in total. The second-order valence-electron chi connectivity index (χ2n) is 7.21. The second kappa shape index (κ2) is 9.09. The first-order chi connectivity index (χ1) is 13.8. The van der Waals surface area contributed by atoms with Gasteiger partial charge in [-0.2, -0.15) is 0 Å². The number of aryl methyl sites for hydroxylation is 2. The average molecular weight is 411 g/mol. The normalized spacial score (nSPS) is 11.4. The molecular formula is C23H26N2O3S. The van der Waals surface area contributed by atoms with Gasteiger partial charge in [0, 0.05) is 11.9 Å². The van der Waals surface area contributed by atoms with Crippen molar-refractivity contribution in [3.05, 3.63) is 77.9 Å². The fraction of sp³-hybridized carbons (Fsp3) is 0.261. The van der Waals surface area contributed by atoms with Gasteiger partial charge in [0.1, 0.15) is 6.54 Å². The lowest BCUT2D eigenvalue weighted by molar-refractivity contribution is -0.119. The van der Waals surface area contributed by atoms with Crippen molar-refractivity contribution < 1.29 is 13.2 Å². The van der Waals surface area contributed by atoms with Gasteiger partial charge in [0.2, 0.25) is 15.9 Å². The van der Waals surface area contributed by atoms with Gasteiger partial charge in [0.15, 0.2) is 0 Å². The summed E-state index contributed by atoms with van der Waals surface area (Å²) >= 11 is 0. The third kappa shape index (κ3) is 5.57. The van der Waals surface area contributed by atoms with Gasteiger partial charge in [-0.15, -0.1) is 0 Å². The number of hydrogen-bond acceptors (Lipinski definition) is 3. The largest absolute Gasteiger partial charge is 0.355 e. The van der Waals surface area contributed by atoms with Crippen molar-refractivity contribution in [1.82, 2.24) is 5.32 Å². The van der Waals surface area contributed by atoms with E-state index in [1.165, 1.54) is 15.4 Å². The number of carbonyl (C=O) groups is 1. The van der Waals surface area contributed by atoms with Crippen LogP contribution in [0.5, 0.6) is 0 Å². The fourth-order valence-corrected chi connectivity index (χ4v) is 4.14. The highest BCUT2D eigenvalue weighted by molar-refractivity contribution is 7.92. The summed E-state index contributed by atoms with van der Waals surface area (Å²) in [5.74, 6) is -0.313. The third-order valence-electron chi connectivity index (χ3n) is 4.81. The summed E-state index contributed by atoms with van der Waals surface area (Å²) in [6.07, 6.45) is 2.78. The molecule has 0 aliphatic carbocycles. The van der Waals surface area contributed by atoms with Crippen LogP contribution in [0, 0.1) is 6.92 Å². The third-order valence-corrected chi connectivity index (χ3v) is 5.93. The number of hydrogen-bond donors (Lipinski definition) is 1. The van der Waals surface area contributed by atoms with Crippen LogP contribution in [0.15, 0.2) is 66.7 Å². The molecule has 152 valence electrons. The monoisotopic (exact) mass is 410 g/mol. The van der Waals surface area contributed by atoms with Crippen LogP contribution in [0.1, 0.15) is 17.5 Å². The van der Waals surface area contributed by atoms with Crippen LogP contribution >= 0.6 is 0 Å². The van der Waals surface area contributed by atoms with E-state index >= 15 is 0 Å². The van der Waals surface area contributed by atoms with Crippen LogP contribution in [0.4, 0.5) is 5.69 Å². The standard InChI is InChI=1S/C23H26N2O3S/c1-18-12-14-19(15-13-18)7-6-16-24-23(26)17-25(29(2,27)28)22-11-5-9-20-8-3-4-10-21(20)22/h3-5,8-15H,6-7,16-17H2,1-2H3,(H,24,26). The van der Waals surface area contributed by atoms with Gasteiger partial charge < -0.3 is 5.32 Å². The van der Waals surface area contributed by atoms with Gasteiger partial charge in [-0.3, -0.25) is 9.10 Å². The minimum Gasteiger partial charge on any atom is -0.355 e. The highest BCUT2D eigenvalue weighted by Crippen LogP contribution is 2.28. The highest BCUT2D eigenvalue weighted by Gasteiger charge is 2.22. The second-order valence-corrected chi connectivity index (χ2v) is 9.11. The molecule has 3 aromatic rings. The predicted molar refractivity (Wildman–Crippen MR) is 119 cm³/mol. The van der Waals surface area contributed by atoms with Crippen molar-refractivity contribution in [1.29, 1.82) is 0 Å². The Morgan fingerprint density at radius 1 is 0.966 bits per heavy atom. The Balaban J connectivity index is 1.64. The maximum Gasteiger partial charge on any atom is 0.240 e. The van der Waals surface area contributed by atoms with E-state index in [0.29, 0.717) is 12.2 Å². The van der Waals surface area contributed by atoms with E-state index in [9.17, 15) is 13.2 Å². The Hall–Kier alpha value is -2.86. The smallest absolute Gasteiger partial charge is 0.240 e. The van der Waals surface area contributed by atoms with Gasteiger partial charge in [0.25, 0.3) is 0 Å². The molecule has 0 spiro atoms. The van der Waals surface area contributed by atoms with Crippen LogP contribution in [0.3, 0.4) is 0 Å². The van der Waals surface area contributed by atoms with E-state index < -0.39 is 10.0 Å². The van der Waals surface area contributed by atoms with E-state index in [1.807, 2.05) is 37.3 Å². The lowest BCUT2D eigenvalue weighted by atomic mass is 10.1. The van der Waals surface area contributed by atoms with Crippen molar-refractivity contribution in [3.8, 4) is 0 Å². The SMILES string of the molecule is Cc1ccc(CCCNC(=O)CN(c2cccc3ccccc23)S(C)(=O)=O)cc1. The van der Waals surface area contributed by atoms with Crippen LogP contribution in [-0.2, 0) is 21.2 Å². The Bertz CT molecular complexity index is 1090. The van der Waals surface area contributed by atoms with Crippen molar-refractivity contribution in [2.75, 3.05) is 23.7 Å². The van der Waals surface area contributed by atoms with Crippen LogP contribution in [-0.4, -0.2) is 33.7 Å². The number of anilines is 1. The zero-order valence-corrected chi connectivity index (χ0v) is 17.6. The molecule has 0 aromatic heterocycles. The number of fused-ring (bicyclic) bond motifs is 1. The number of sulfonamides is 1. The molecule has 0 aliphatic heterocycles. The van der Waals surface area contributed by atoms with Gasteiger partial charge in [-0.05, 0) is 36.8 Å². The number of benzene rings is 3. The van der Waals surface area contributed by atoms with Gasteiger partial charge in [-0.25, -0.2) is 8.42 Å². The summed E-state index contributed by atoms with van der Waals surface area (Å²) in [6.45, 7) is 2.31. The van der Waals surface area contributed by atoms with Crippen molar-refractivity contribution in [2.24, 2.45) is 0 Å². The van der Waals surface area contributed by atoms with Gasteiger partial charge >= 0.3 is 0 Å². The first-order valence-corrected chi connectivity index (χ1v) is 11.5. The molecule has 1 N–H and O–H groups in total. The first kappa shape index (κ1) is 20.9. The molecule has 3 aromatic carbocycles. The predicted octanol–water partition coefficient (Wildman–Crippen LogP) is 3.66. The number of nitrogens with zero attached hydrogens (tertiary/aromatic N) is 1. The zero-order valence-electron chi connectivity index (χ0n) is 16.8. The Morgan fingerprint density at radius 2 is 1.66 bits per heavy atom. The van der Waals surface area contributed by atoms with Crippen LogP contribution < -0.4 is 9.62 Å². The molecule has 0 aliphatic rings. The van der Waals surface area contributed by atoms with Gasteiger partial charge in [-0.1, -0.05) is 66.2 Å². The summed E-state index contributed by atoms with van der Waals surface area (Å²) in [5.41, 5.74) is 2.95. The summed E-state index contributed by atoms with van der Waals surface area (Å²) in [4.78, 5) is 12.4. The lowest BCUT2D eigenvalue weighted by Crippen LogP contribution is -2.40. The van der Waals surface area contributed by atoms with E-state index in [0.717, 1.165) is 29.9 Å². The fourth-order valence-electron chi connectivity index (χ4n) is 3.27. The summed E-state index contributed by atoms with van der Waals surface area (Å²) < 4.78 is 26.0. The van der Waals surface area contributed by atoms with Gasteiger partial charge in [0.05, 0.1) is 11.9 Å². The molecule has 3 rings (SSSR count). The molecule has 0 fully saturated rings. The summed E-state index contributed by atoms with van der Waals surface area (Å²) in [6, 6.07) is 21.3. The number of amides is 1. The van der Waals surface area contributed by atoms with E-state index in [1.54, 1.807) is 12.1 Å². The lowest BCUT2D eigenvalue weighted by Gasteiger charge is -2.23. The van der Waals surface area contributed by atoms with E-state index in [-0.39, 0.29) is 12.5 Å². The van der Waals surface area contributed by atoms with Crippen molar-refractivity contribution >= 4 is 32.4 Å². The minimum atomic E-state index is -3.61. The Morgan fingerprint density at radius 3 is 2.38 bits per heavy atom. The van der Waals surface area contributed by atoms with Crippen LogP contribution in [0.2, 0.25) is 0 Å². The molecule has 1 amide bonds. The van der Waals surface area contributed by atoms with Crippen molar-refractivity contribution in [2.45, 2.75) is 19.8 Å². The summed E-state index contributed by atoms with van der Waals surface area (Å²) in [5, 5.41) is 4.57. The quantitative estimate of drug-likeness (QED) is 0.576. The van der Waals surface area contributed by atoms with Crippen molar-refractivity contribution in [3.63, 3.8) is 0 Å². The highest BCUT2D eigenvalue weighted by atomic mass is 32.2. The topological polar surface area (TPSA) is 66.5 Å². The molecule has 0 radical (unpaired) electrons. The van der Waals surface area contributed by atoms with E-state index in [4.69, 9.17) is 0 Å². The minimum absolute atomic E-state index is 0.239. The molecule has 0 saturated heterocycles. The molecule has 0 saturated carbocycles. The molecule has 0 heterocycles. The summed E-state index contributed by atoms with van der Waals surface area (Å²) in [7, 11) is -3.61. The van der Waals surface area contributed by atoms with Crippen LogP contribution in [0.25, 0.3) is 10.8 Å². The molecule has 0 atom stereocenters. The number of rotatable bonds is 8. The number of nitrogens with one attached hydrogen (secondary N) is 1. The maximum atomic E-state index is 12.4. The molecule has 0 bridgehead atoms. The molecule has 29 heavy (non-hydrogen) atoms. The zero-order chi connectivity index (χ0) is 20.9. The molecule has 0 unspecified atom stereocenters. The molecular weight excluding hydrogens is 384 g/mol. The Kier molecular flexibility index (Phi) is 6.54.